The summed E-state index contributed by atoms with van der Waals surface area (Å²) in [5.41, 5.74) is 0. The van der Waals surface area contributed by atoms with Gasteiger partial charge in [-0.1, -0.05) is 0 Å². The molecule has 0 saturated carbocycles. The van der Waals surface area contributed by atoms with Gasteiger partial charge >= 0.3 is 29.6 Å². The Morgan fingerprint density at radius 1 is 0.571 bits per heavy atom. The van der Waals surface area contributed by atoms with Crippen molar-refractivity contribution in [3.8, 4) is 0 Å². The van der Waals surface area contributed by atoms with Crippen LogP contribution in [-0.2, 0) is 14.4 Å². The minimum absolute atomic E-state index is 0. The Hall–Kier alpha value is 0.0100. The SMILES string of the molecule is C=O.C=O.C=O.[NaH]. The van der Waals surface area contributed by atoms with Gasteiger partial charge in [0.05, 0.1) is 0 Å². The molecule has 0 unspecified atom stereocenters. The van der Waals surface area contributed by atoms with Crippen LogP contribution in [0.3, 0.4) is 0 Å². The Kier molecular flexibility index (Phi) is 6020000. The quantitative estimate of drug-likeness (QED) is 0.371. The molecule has 0 amide bonds. The van der Waals surface area contributed by atoms with Gasteiger partial charge in [-0.25, -0.2) is 0 Å². The molecule has 4 heteroatoms. The van der Waals surface area contributed by atoms with E-state index < -0.39 is 0 Å². The molecular weight excluding hydrogens is 107 g/mol. The van der Waals surface area contributed by atoms with Crippen LogP contribution in [-0.4, -0.2) is 49.9 Å². The number of carbonyl (C=O) groups is 3. The van der Waals surface area contributed by atoms with Gasteiger partial charge in [0.2, 0.25) is 0 Å². The molecule has 0 aromatic rings. The first-order valence-corrected chi connectivity index (χ1v) is 0.866. The van der Waals surface area contributed by atoms with E-state index in [4.69, 9.17) is 14.4 Å². The summed E-state index contributed by atoms with van der Waals surface area (Å²) in [6.45, 7) is 6.00. The van der Waals surface area contributed by atoms with Gasteiger partial charge in [-0.15, -0.1) is 0 Å². The third-order valence-electron chi connectivity index (χ3n) is 0. The summed E-state index contributed by atoms with van der Waals surface area (Å²) >= 11 is 0. The summed E-state index contributed by atoms with van der Waals surface area (Å²) in [7, 11) is 0. The molecule has 0 spiro atoms. The molecule has 0 aliphatic heterocycles. The Bertz CT molecular complexity index is 14.9. The van der Waals surface area contributed by atoms with Crippen LogP contribution in [0.1, 0.15) is 0 Å². The molecule has 0 bridgehead atoms. The van der Waals surface area contributed by atoms with Crippen molar-refractivity contribution in [1.82, 2.24) is 0 Å². The van der Waals surface area contributed by atoms with Gasteiger partial charge in [-0.05, 0) is 0 Å². The normalized spacial score (nSPS) is 1.71. The summed E-state index contributed by atoms with van der Waals surface area (Å²) in [4.78, 5) is 24.0. The number of carbonyl (C=O) groups excluding carboxylic acids is 3. The molecule has 0 aliphatic rings. The molecule has 0 aromatic carbocycles. The first-order valence-electron chi connectivity index (χ1n) is 0.866. The van der Waals surface area contributed by atoms with Gasteiger partial charge in [0.1, 0.15) is 20.4 Å². The Morgan fingerprint density at radius 3 is 0.571 bits per heavy atom. The van der Waals surface area contributed by atoms with Crippen LogP contribution < -0.4 is 0 Å². The molecule has 0 saturated heterocycles. The molecule has 0 N–H and O–H groups in total. The second-order valence-electron chi connectivity index (χ2n) is 0. The minimum atomic E-state index is 0. The van der Waals surface area contributed by atoms with Crippen molar-refractivity contribution in [3.63, 3.8) is 0 Å². The van der Waals surface area contributed by atoms with Crippen LogP contribution >= 0.6 is 0 Å². The summed E-state index contributed by atoms with van der Waals surface area (Å²) in [5.74, 6) is 0. The van der Waals surface area contributed by atoms with Crippen LogP contribution in [0.25, 0.3) is 0 Å². The summed E-state index contributed by atoms with van der Waals surface area (Å²) in [6, 6.07) is 0. The van der Waals surface area contributed by atoms with Crippen molar-refractivity contribution >= 4 is 49.9 Å². The summed E-state index contributed by atoms with van der Waals surface area (Å²) in [6.07, 6.45) is 0. The van der Waals surface area contributed by atoms with Crippen molar-refractivity contribution in [3.05, 3.63) is 0 Å². The fourth-order valence-corrected chi connectivity index (χ4v) is 0. The zero-order chi connectivity index (χ0) is 6.00. The zero-order valence-electron chi connectivity index (χ0n) is 3.35. The van der Waals surface area contributed by atoms with Crippen LogP contribution in [0.2, 0.25) is 0 Å². The molecule has 0 radical (unpaired) electrons. The third kappa shape index (κ3) is 966000. The van der Waals surface area contributed by atoms with E-state index in [0.29, 0.717) is 0 Å². The number of rotatable bonds is 0. The fourth-order valence-electron chi connectivity index (χ4n) is 0. The van der Waals surface area contributed by atoms with Crippen LogP contribution in [0, 0.1) is 0 Å². The maximum atomic E-state index is 8.00. The molecule has 0 rings (SSSR count). The summed E-state index contributed by atoms with van der Waals surface area (Å²) in [5, 5.41) is 0. The van der Waals surface area contributed by atoms with Crippen molar-refractivity contribution in [2.75, 3.05) is 0 Å². The molecule has 0 aliphatic carbocycles. The average Bonchev–Trinajstić information content (AvgIpc) is 1.81. The average molecular weight is 114 g/mol. The van der Waals surface area contributed by atoms with Gasteiger partial charge < -0.3 is 14.4 Å². The van der Waals surface area contributed by atoms with Crippen molar-refractivity contribution < 1.29 is 14.4 Å². The zero-order valence-corrected chi connectivity index (χ0v) is 3.35. The monoisotopic (exact) mass is 114 g/mol. The van der Waals surface area contributed by atoms with E-state index >= 15 is 0 Å². The molecule has 0 fully saturated rings. The third-order valence-corrected chi connectivity index (χ3v) is 0. The first kappa shape index (κ1) is 27.9. The predicted molar refractivity (Wildman–Crippen MR) is 28.5 cm³/mol. The van der Waals surface area contributed by atoms with E-state index in [1.54, 1.807) is 0 Å². The van der Waals surface area contributed by atoms with Crippen molar-refractivity contribution in [2.45, 2.75) is 0 Å². The van der Waals surface area contributed by atoms with Gasteiger partial charge in [-0.2, -0.15) is 0 Å². The van der Waals surface area contributed by atoms with Crippen LogP contribution in [0.4, 0.5) is 0 Å². The van der Waals surface area contributed by atoms with E-state index in [-0.39, 0.29) is 29.6 Å². The molecule has 0 heterocycles. The predicted octanol–water partition coefficient (Wildman–Crippen LogP) is -1.20. The Labute approximate surface area is 64.4 Å². The van der Waals surface area contributed by atoms with E-state index in [9.17, 15) is 0 Å². The van der Waals surface area contributed by atoms with E-state index in [0.717, 1.165) is 0 Å². The first-order chi connectivity index (χ1) is 3.00. The molecule has 7 heavy (non-hydrogen) atoms. The number of hydrogen-bond donors (Lipinski definition) is 0. The van der Waals surface area contributed by atoms with Crippen LogP contribution in [0.5, 0.6) is 0 Å². The van der Waals surface area contributed by atoms with Gasteiger partial charge in [-0.3, -0.25) is 0 Å². The number of hydrogen-bond acceptors (Lipinski definition) is 3. The van der Waals surface area contributed by atoms with E-state index in [2.05, 4.69) is 0 Å². The second kappa shape index (κ2) is 1510000. The van der Waals surface area contributed by atoms with Crippen LogP contribution in [0.15, 0.2) is 0 Å². The molecule has 0 atom stereocenters. The van der Waals surface area contributed by atoms with E-state index in [1.165, 1.54) is 0 Å². The Morgan fingerprint density at radius 2 is 0.571 bits per heavy atom. The molecule has 38 valence electrons. The van der Waals surface area contributed by atoms with Gasteiger partial charge in [0.25, 0.3) is 0 Å². The molecular formula is C3H7NaO3. The topological polar surface area (TPSA) is 51.2 Å². The van der Waals surface area contributed by atoms with Crippen molar-refractivity contribution in [2.24, 2.45) is 0 Å². The standard InChI is InChI=1S/3CH2O.Na.H/c3*1-2;;/h3*1H2;;. The van der Waals surface area contributed by atoms with Crippen molar-refractivity contribution in [1.29, 1.82) is 0 Å². The van der Waals surface area contributed by atoms with Gasteiger partial charge in [0, 0.05) is 0 Å². The van der Waals surface area contributed by atoms with Gasteiger partial charge in [0.15, 0.2) is 0 Å². The molecule has 3 nitrogen and oxygen atoms in total. The Balaban J connectivity index is -0.00000000900. The fraction of sp³-hybridized carbons (Fsp3) is 0. The second-order valence-corrected chi connectivity index (χ2v) is 0. The maximum absolute atomic E-state index is 8.00. The summed E-state index contributed by atoms with van der Waals surface area (Å²) < 4.78 is 0. The van der Waals surface area contributed by atoms with E-state index in [1.807, 2.05) is 20.4 Å². The molecule has 0 aromatic heterocycles.